The van der Waals surface area contributed by atoms with Crippen molar-refractivity contribution in [3.8, 4) is 0 Å². The molecule has 1 unspecified atom stereocenters. The predicted molar refractivity (Wildman–Crippen MR) is 131 cm³/mol. The molecular formula is C26H24ClF3N2O2S. The second-order valence-electron chi connectivity index (χ2n) is 8.40. The topological polar surface area (TPSA) is 40.6 Å². The molecule has 0 saturated heterocycles. The van der Waals surface area contributed by atoms with Gasteiger partial charge in [0.25, 0.3) is 5.91 Å². The fourth-order valence-electron chi connectivity index (χ4n) is 4.38. The minimum Gasteiger partial charge on any atom is -0.330 e. The highest BCUT2D eigenvalue weighted by atomic mass is 35.5. The van der Waals surface area contributed by atoms with Gasteiger partial charge in [0.2, 0.25) is 5.91 Å². The maximum absolute atomic E-state index is 13.6. The molecule has 0 fully saturated rings. The van der Waals surface area contributed by atoms with Gasteiger partial charge in [-0.3, -0.25) is 9.59 Å². The number of hydrogen-bond acceptors (Lipinski definition) is 3. The third kappa shape index (κ3) is 5.54. The van der Waals surface area contributed by atoms with Crippen LogP contribution in [0.2, 0.25) is 5.02 Å². The highest BCUT2D eigenvalue weighted by molar-refractivity contribution is 7.10. The summed E-state index contributed by atoms with van der Waals surface area (Å²) in [4.78, 5) is 31.0. The predicted octanol–water partition coefficient (Wildman–Crippen LogP) is 6.45. The van der Waals surface area contributed by atoms with E-state index in [9.17, 15) is 22.8 Å². The molecule has 0 aliphatic carbocycles. The number of hydrogen-bond donors (Lipinski definition) is 0. The van der Waals surface area contributed by atoms with Crippen LogP contribution in [-0.4, -0.2) is 41.2 Å². The Morgan fingerprint density at radius 1 is 1.14 bits per heavy atom. The van der Waals surface area contributed by atoms with Gasteiger partial charge in [-0.05, 0) is 65.7 Å². The number of alkyl halides is 3. The number of rotatable bonds is 6. The van der Waals surface area contributed by atoms with E-state index in [0.29, 0.717) is 24.4 Å². The zero-order chi connectivity index (χ0) is 25.2. The van der Waals surface area contributed by atoms with E-state index in [1.54, 1.807) is 28.4 Å². The van der Waals surface area contributed by atoms with Crippen molar-refractivity contribution in [1.82, 2.24) is 9.80 Å². The summed E-state index contributed by atoms with van der Waals surface area (Å²) >= 11 is 7.72. The van der Waals surface area contributed by atoms with Gasteiger partial charge in [-0.1, -0.05) is 36.7 Å². The monoisotopic (exact) mass is 520 g/mol. The Morgan fingerprint density at radius 2 is 1.89 bits per heavy atom. The minimum absolute atomic E-state index is 0.0888. The van der Waals surface area contributed by atoms with E-state index in [4.69, 9.17) is 11.6 Å². The third-order valence-electron chi connectivity index (χ3n) is 6.02. The fraction of sp³-hybridized carbons (Fsp3) is 0.308. The van der Waals surface area contributed by atoms with Crippen LogP contribution in [0.5, 0.6) is 0 Å². The molecule has 1 atom stereocenters. The fourth-order valence-corrected chi connectivity index (χ4v) is 5.41. The van der Waals surface area contributed by atoms with Crippen molar-refractivity contribution < 1.29 is 22.8 Å². The van der Waals surface area contributed by atoms with Crippen molar-refractivity contribution in [1.29, 1.82) is 0 Å². The summed E-state index contributed by atoms with van der Waals surface area (Å²) in [6.45, 7) is 2.37. The molecule has 4 nitrogen and oxygen atoms in total. The molecule has 1 aliphatic rings. The van der Waals surface area contributed by atoms with Crippen LogP contribution in [0, 0.1) is 0 Å². The molecule has 2 amide bonds. The van der Waals surface area contributed by atoms with Gasteiger partial charge in [-0.2, -0.15) is 13.2 Å². The lowest BCUT2D eigenvalue weighted by atomic mass is 9.93. The second-order valence-corrected chi connectivity index (χ2v) is 9.83. The lowest BCUT2D eigenvalue weighted by Crippen LogP contribution is -2.47. The Balaban J connectivity index is 1.60. The van der Waals surface area contributed by atoms with Crippen molar-refractivity contribution in [2.75, 3.05) is 19.6 Å². The summed E-state index contributed by atoms with van der Waals surface area (Å²) in [5.41, 5.74) is 0.973. The second kappa shape index (κ2) is 10.4. The molecule has 1 aliphatic heterocycles. The van der Waals surface area contributed by atoms with E-state index >= 15 is 0 Å². The molecule has 4 rings (SSSR count). The summed E-state index contributed by atoms with van der Waals surface area (Å²) in [5.74, 6) is -0.849. The van der Waals surface area contributed by atoms with Gasteiger partial charge in [-0.15, -0.1) is 11.3 Å². The first kappa shape index (κ1) is 25.3. The van der Waals surface area contributed by atoms with Gasteiger partial charge in [-0.25, -0.2) is 0 Å². The number of carbonyl (C=O) groups excluding carboxylic acids is 2. The molecule has 0 bridgehead atoms. The molecule has 184 valence electrons. The Bertz CT molecular complexity index is 1210. The Morgan fingerprint density at radius 3 is 2.57 bits per heavy atom. The first-order valence-corrected chi connectivity index (χ1v) is 12.5. The van der Waals surface area contributed by atoms with E-state index < -0.39 is 17.6 Å². The van der Waals surface area contributed by atoms with Crippen molar-refractivity contribution in [3.63, 3.8) is 0 Å². The average molecular weight is 521 g/mol. The number of amides is 2. The van der Waals surface area contributed by atoms with Crippen molar-refractivity contribution in [2.45, 2.75) is 32.0 Å². The van der Waals surface area contributed by atoms with Crippen molar-refractivity contribution in [2.24, 2.45) is 0 Å². The summed E-state index contributed by atoms with van der Waals surface area (Å²) in [5, 5.41) is 2.59. The Kier molecular flexibility index (Phi) is 7.52. The Hall–Kier alpha value is -2.84. The zero-order valence-corrected chi connectivity index (χ0v) is 20.6. The third-order valence-corrected chi connectivity index (χ3v) is 7.26. The van der Waals surface area contributed by atoms with Crippen LogP contribution in [0.15, 0.2) is 60.0 Å². The SMILES string of the molecule is CCCN(CC(=O)N1CCc2sccc2C1c1ccc(Cl)cc1)C(=O)c1cccc(C(F)(F)F)c1. The molecule has 9 heteroatoms. The number of carbonyl (C=O) groups is 2. The van der Waals surface area contributed by atoms with Crippen LogP contribution in [0.3, 0.4) is 0 Å². The summed E-state index contributed by atoms with van der Waals surface area (Å²) < 4.78 is 39.5. The van der Waals surface area contributed by atoms with Gasteiger partial charge in [0.05, 0.1) is 11.6 Å². The number of fused-ring (bicyclic) bond motifs is 1. The van der Waals surface area contributed by atoms with Gasteiger partial charge >= 0.3 is 6.18 Å². The summed E-state index contributed by atoms with van der Waals surface area (Å²) in [7, 11) is 0. The normalized spacial score (nSPS) is 15.6. The van der Waals surface area contributed by atoms with Crippen LogP contribution >= 0.6 is 22.9 Å². The molecule has 0 N–H and O–H groups in total. The number of nitrogens with zero attached hydrogens (tertiary/aromatic N) is 2. The highest BCUT2D eigenvalue weighted by Crippen LogP contribution is 2.38. The van der Waals surface area contributed by atoms with Crippen LogP contribution in [0.25, 0.3) is 0 Å². The highest BCUT2D eigenvalue weighted by Gasteiger charge is 2.35. The first-order chi connectivity index (χ1) is 16.7. The van der Waals surface area contributed by atoms with Crippen molar-refractivity contribution >= 4 is 34.8 Å². The largest absolute Gasteiger partial charge is 0.416 e. The molecule has 2 aromatic carbocycles. The van der Waals surface area contributed by atoms with Crippen molar-refractivity contribution in [3.05, 3.63) is 92.1 Å². The smallest absolute Gasteiger partial charge is 0.330 e. The van der Waals surface area contributed by atoms with Crippen LogP contribution in [0.4, 0.5) is 13.2 Å². The standard InChI is InChI=1S/C26H24ClF3N2O2S/c1-2-12-31(25(34)18-4-3-5-19(15-18)26(28,29)30)16-23(33)32-13-10-22-21(11-14-35-22)24(32)17-6-8-20(27)9-7-17/h3-9,11,14-15,24H,2,10,12-13,16H2,1H3. The van der Waals surface area contributed by atoms with Gasteiger partial charge in [0.15, 0.2) is 0 Å². The number of halogens is 4. The summed E-state index contributed by atoms with van der Waals surface area (Å²) in [6, 6.07) is 13.3. The van der Waals surface area contributed by atoms with E-state index in [-0.39, 0.29) is 30.6 Å². The van der Waals surface area contributed by atoms with E-state index in [0.717, 1.165) is 23.3 Å². The average Bonchev–Trinajstić information content (AvgIpc) is 3.32. The van der Waals surface area contributed by atoms with Crippen LogP contribution < -0.4 is 0 Å². The maximum Gasteiger partial charge on any atom is 0.416 e. The molecule has 0 radical (unpaired) electrons. The zero-order valence-electron chi connectivity index (χ0n) is 19.0. The molecule has 2 heterocycles. The van der Waals surface area contributed by atoms with E-state index in [1.165, 1.54) is 21.9 Å². The van der Waals surface area contributed by atoms with E-state index in [1.807, 2.05) is 30.5 Å². The molecule has 3 aromatic rings. The minimum atomic E-state index is -4.56. The quantitative estimate of drug-likeness (QED) is 0.375. The molecule has 0 saturated carbocycles. The lowest BCUT2D eigenvalue weighted by Gasteiger charge is -2.37. The lowest BCUT2D eigenvalue weighted by molar-refractivity contribution is -0.137. The summed E-state index contributed by atoms with van der Waals surface area (Å²) in [6.07, 6.45) is -3.29. The molecular weight excluding hydrogens is 497 g/mol. The van der Waals surface area contributed by atoms with Gasteiger partial charge in [0.1, 0.15) is 6.54 Å². The Labute approximate surface area is 210 Å². The van der Waals surface area contributed by atoms with Gasteiger partial charge < -0.3 is 9.80 Å². The van der Waals surface area contributed by atoms with Gasteiger partial charge in [0, 0.05) is 28.6 Å². The van der Waals surface area contributed by atoms with Crippen LogP contribution in [-0.2, 0) is 17.4 Å². The molecule has 35 heavy (non-hydrogen) atoms. The number of thiophene rings is 1. The maximum atomic E-state index is 13.6. The number of benzene rings is 2. The molecule has 1 aromatic heterocycles. The molecule has 0 spiro atoms. The van der Waals surface area contributed by atoms with Crippen LogP contribution in [0.1, 0.15) is 51.3 Å². The van der Waals surface area contributed by atoms with E-state index in [2.05, 4.69) is 0 Å². The first-order valence-electron chi connectivity index (χ1n) is 11.3.